The van der Waals surface area contributed by atoms with Crippen molar-refractivity contribution < 1.29 is 14.6 Å². The van der Waals surface area contributed by atoms with Crippen LogP contribution in [0, 0.1) is 0 Å². The van der Waals surface area contributed by atoms with Crippen molar-refractivity contribution in [2.75, 3.05) is 12.4 Å². The Morgan fingerprint density at radius 2 is 2.04 bits per heavy atom. The first-order valence-corrected chi connectivity index (χ1v) is 8.76. The number of ether oxygens (including phenoxy) is 1. The van der Waals surface area contributed by atoms with Gasteiger partial charge in [-0.3, -0.25) is 10.1 Å². The molecule has 1 heterocycles. The molecule has 0 aliphatic rings. The molecule has 1 amide bonds. The van der Waals surface area contributed by atoms with Crippen LogP contribution in [0.3, 0.4) is 0 Å². The zero-order chi connectivity index (χ0) is 18.0. The van der Waals surface area contributed by atoms with Gasteiger partial charge in [-0.2, -0.15) is 0 Å². The van der Waals surface area contributed by atoms with Crippen LogP contribution in [0.1, 0.15) is 9.67 Å². The van der Waals surface area contributed by atoms with E-state index < -0.39 is 5.91 Å². The number of thiocarbonyl (C=S) groups is 1. The number of rotatable bonds is 3. The number of benzene rings is 2. The average molecular weight is 393 g/mol. The summed E-state index contributed by atoms with van der Waals surface area (Å²) in [6, 6.07) is 12.0. The summed E-state index contributed by atoms with van der Waals surface area (Å²) in [5.41, 5.74) is 0.403. The van der Waals surface area contributed by atoms with Crippen molar-refractivity contribution in [3.8, 4) is 11.5 Å². The Balaban J connectivity index is 1.79. The second-order valence-electron chi connectivity index (χ2n) is 5.03. The fraction of sp³-hybridized carbons (Fsp3) is 0.0588. The lowest BCUT2D eigenvalue weighted by molar-refractivity contribution is 0.0982. The lowest BCUT2D eigenvalue weighted by Gasteiger charge is -2.10. The van der Waals surface area contributed by atoms with Gasteiger partial charge in [0.05, 0.1) is 17.8 Å². The van der Waals surface area contributed by atoms with E-state index in [9.17, 15) is 9.90 Å². The Kier molecular flexibility index (Phi) is 5.08. The molecule has 0 fully saturated rings. The van der Waals surface area contributed by atoms with Crippen LogP contribution in [0.25, 0.3) is 10.1 Å². The van der Waals surface area contributed by atoms with Crippen LogP contribution in [0.15, 0.2) is 42.5 Å². The third-order valence-corrected chi connectivity index (χ3v) is 5.28. The molecule has 25 heavy (non-hydrogen) atoms. The van der Waals surface area contributed by atoms with Crippen LogP contribution in [-0.4, -0.2) is 23.2 Å². The van der Waals surface area contributed by atoms with Crippen LogP contribution in [0.4, 0.5) is 5.69 Å². The first kappa shape index (κ1) is 17.5. The van der Waals surface area contributed by atoms with Gasteiger partial charge in [-0.05, 0) is 42.5 Å². The second kappa shape index (κ2) is 7.26. The molecule has 2 aromatic carbocycles. The number of carbonyl (C=O) groups is 1. The Morgan fingerprint density at radius 3 is 2.76 bits per heavy atom. The van der Waals surface area contributed by atoms with E-state index in [0.717, 1.165) is 10.1 Å². The van der Waals surface area contributed by atoms with E-state index in [0.29, 0.717) is 21.3 Å². The molecule has 8 heteroatoms. The molecule has 0 saturated heterocycles. The number of phenols is 1. The number of para-hydroxylation sites is 2. The maximum absolute atomic E-state index is 12.5. The molecule has 5 nitrogen and oxygen atoms in total. The van der Waals surface area contributed by atoms with E-state index in [-0.39, 0.29) is 10.9 Å². The highest BCUT2D eigenvalue weighted by atomic mass is 35.5. The highest BCUT2D eigenvalue weighted by Gasteiger charge is 2.18. The number of methoxy groups -OCH3 is 1. The molecule has 0 aliphatic carbocycles. The van der Waals surface area contributed by atoms with Crippen molar-refractivity contribution in [3.63, 3.8) is 0 Å². The number of hydrogen-bond donors (Lipinski definition) is 3. The fourth-order valence-electron chi connectivity index (χ4n) is 2.21. The number of hydrogen-bond acceptors (Lipinski definition) is 5. The highest BCUT2D eigenvalue weighted by molar-refractivity contribution is 7.80. The number of amides is 1. The molecule has 0 unspecified atom stereocenters. The van der Waals surface area contributed by atoms with Crippen LogP contribution >= 0.6 is 35.2 Å². The summed E-state index contributed by atoms with van der Waals surface area (Å²) in [6.45, 7) is 0. The summed E-state index contributed by atoms with van der Waals surface area (Å²) in [5.74, 6) is 0.304. The lowest BCUT2D eigenvalue weighted by Crippen LogP contribution is -2.33. The molecular formula is C17H13ClN2O3S2. The molecule has 0 aliphatic heterocycles. The number of thiophene rings is 1. The summed E-state index contributed by atoms with van der Waals surface area (Å²) >= 11 is 12.7. The van der Waals surface area contributed by atoms with Gasteiger partial charge in [-0.15, -0.1) is 11.3 Å². The molecular weight excluding hydrogens is 380 g/mol. The standard InChI is InChI=1S/C17H13ClN2O3S2/c1-23-9-6-7-10-13(8-9)25-15(14(10)18)16(22)20-17(24)19-11-4-2-3-5-12(11)21/h2-8,21H,1H3,(H2,19,20,22,24). The van der Waals surface area contributed by atoms with Gasteiger partial charge in [-0.1, -0.05) is 23.7 Å². The second-order valence-corrected chi connectivity index (χ2v) is 6.87. The monoisotopic (exact) mass is 392 g/mol. The number of anilines is 1. The minimum atomic E-state index is -0.418. The van der Waals surface area contributed by atoms with E-state index >= 15 is 0 Å². The van der Waals surface area contributed by atoms with Gasteiger partial charge in [0.15, 0.2) is 5.11 Å². The van der Waals surface area contributed by atoms with Crippen molar-refractivity contribution in [3.05, 3.63) is 52.4 Å². The Labute approximate surface area is 158 Å². The minimum absolute atomic E-state index is 0.0334. The normalized spacial score (nSPS) is 10.5. The van der Waals surface area contributed by atoms with Gasteiger partial charge in [0.25, 0.3) is 5.91 Å². The van der Waals surface area contributed by atoms with Crippen LogP contribution in [0.5, 0.6) is 11.5 Å². The maximum atomic E-state index is 12.5. The number of halogens is 1. The molecule has 3 aromatic rings. The largest absolute Gasteiger partial charge is 0.506 e. The number of aromatic hydroxyl groups is 1. The third kappa shape index (κ3) is 3.68. The fourth-order valence-corrected chi connectivity index (χ4v) is 3.85. The predicted octanol–water partition coefficient (Wildman–Crippen LogP) is 4.40. The number of nitrogens with one attached hydrogen (secondary N) is 2. The quantitative estimate of drug-likeness (QED) is 0.455. The van der Waals surface area contributed by atoms with Gasteiger partial charge in [-0.25, -0.2) is 0 Å². The Hall–Kier alpha value is -2.35. The van der Waals surface area contributed by atoms with Gasteiger partial charge in [0.2, 0.25) is 0 Å². The average Bonchev–Trinajstić information content (AvgIpc) is 2.93. The summed E-state index contributed by atoms with van der Waals surface area (Å²) in [5, 5.41) is 16.3. The number of phenolic OH excluding ortho intramolecular Hbond substituents is 1. The van der Waals surface area contributed by atoms with E-state index in [1.165, 1.54) is 17.4 Å². The SMILES string of the molecule is COc1ccc2c(Cl)c(C(=O)NC(=S)Nc3ccccc3O)sc2c1. The van der Waals surface area contributed by atoms with Crippen molar-refractivity contribution in [2.45, 2.75) is 0 Å². The molecule has 1 aromatic heterocycles. The Morgan fingerprint density at radius 1 is 1.28 bits per heavy atom. The van der Waals surface area contributed by atoms with Crippen LogP contribution in [-0.2, 0) is 0 Å². The number of carbonyl (C=O) groups excluding carboxylic acids is 1. The zero-order valence-corrected chi connectivity index (χ0v) is 15.4. The summed E-state index contributed by atoms with van der Waals surface area (Å²) in [6.07, 6.45) is 0. The molecule has 0 spiro atoms. The van der Waals surface area contributed by atoms with Gasteiger partial charge in [0.1, 0.15) is 16.4 Å². The molecule has 0 bridgehead atoms. The summed E-state index contributed by atoms with van der Waals surface area (Å²) in [7, 11) is 1.58. The topological polar surface area (TPSA) is 70.6 Å². The van der Waals surface area contributed by atoms with E-state index in [1.54, 1.807) is 31.4 Å². The molecule has 3 N–H and O–H groups in total. The van der Waals surface area contributed by atoms with Crippen LogP contribution < -0.4 is 15.4 Å². The van der Waals surface area contributed by atoms with Crippen molar-refractivity contribution in [1.29, 1.82) is 0 Å². The first-order chi connectivity index (χ1) is 12.0. The van der Waals surface area contributed by atoms with Crippen molar-refractivity contribution in [1.82, 2.24) is 5.32 Å². The van der Waals surface area contributed by atoms with Crippen LogP contribution in [0.2, 0.25) is 5.02 Å². The maximum Gasteiger partial charge on any atom is 0.269 e. The minimum Gasteiger partial charge on any atom is -0.506 e. The van der Waals surface area contributed by atoms with Gasteiger partial charge < -0.3 is 15.2 Å². The van der Waals surface area contributed by atoms with Gasteiger partial charge in [0, 0.05) is 10.1 Å². The van der Waals surface area contributed by atoms with E-state index in [2.05, 4.69) is 10.6 Å². The van der Waals surface area contributed by atoms with E-state index in [1.807, 2.05) is 12.1 Å². The zero-order valence-electron chi connectivity index (χ0n) is 13.0. The predicted molar refractivity (Wildman–Crippen MR) is 105 cm³/mol. The highest BCUT2D eigenvalue weighted by Crippen LogP contribution is 2.37. The van der Waals surface area contributed by atoms with Crippen molar-refractivity contribution in [2.24, 2.45) is 0 Å². The molecule has 0 saturated carbocycles. The summed E-state index contributed by atoms with van der Waals surface area (Å²) in [4.78, 5) is 12.8. The molecule has 3 rings (SSSR count). The molecule has 0 atom stereocenters. The van der Waals surface area contributed by atoms with Gasteiger partial charge >= 0.3 is 0 Å². The number of fused-ring (bicyclic) bond motifs is 1. The van der Waals surface area contributed by atoms with Crippen molar-refractivity contribution >= 4 is 61.9 Å². The summed E-state index contributed by atoms with van der Waals surface area (Å²) < 4.78 is 6.02. The lowest BCUT2D eigenvalue weighted by atomic mass is 10.2. The molecule has 128 valence electrons. The smallest absolute Gasteiger partial charge is 0.269 e. The Bertz CT molecular complexity index is 972. The third-order valence-electron chi connectivity index (χ3n) is 3.42. The first-order valence-electron chi connectivity index (χ1n) is 7.16. The van der Waals surface area contributed by atoms with E-state index in [4.69, 9.17) is 28.6 Å². The molecule has 0 radical (unpaired) electrons.